The lowest BCUT2D eigenvalue weighted by molar-refractivity contribution is -0.00128. The minimum Gasteiger partial charge on any atom is -0.385 e. The predicted molar refractivity (Wildman–Crippen MR) is 261 cm³/mol. The molecule has 0 aliphatic heterocycles. The molecule has 0 saturated heterocycles. The SMILES string of the molecule is Brc1ccccc1Br.Brc1ccccc1C1CCCCC1.CC(C)(C)P(c1ccccc1C1CCCCC1)C(C)(C)C.OC1(c2ccccc2Br)CCCCC1. The highest BCUT2D eigenvalue weighted by molar-refractivity contribution is 9.13. The van der Waals surface area contributed by atoms with Crippen molar-refractivity contribution in [3.05, 3.63) is 132 Å². The second kappa shape index (κ2) is 23.3. The predicted octanol–water partition coefficient (Wildman–Crippen LogP) is 17.7. The average molecular weight is 1030 g/mol. The van der Waals surface area contributed by atoms with Crippen LogP contribution < -0.4 is 5.30 Å². The topological polar surface area (TPSA) is 20.2 Å². The van der Waals surface area contributed by atoms with Gasteiger partial charge in [0.05, 0.1) is 5.60 Å². The van der Waals surface area contributed by atoms with Crippen LogP contribution in [-0.4, -0.2) is 15.4 Å². The summed E-state index contributed by atoms with van der Waals surface area (Å²) < 4.78 is 4.52. The molecule has 0 radical (unpaired) electrons. The second-order valence-corrected chi connectivity index (χ2v) is 25.2. The Labute approximate surface area is 376 Å². The van der Waals surface area contributed by atoms with E-state index < -0.39 is 5.60 Å². The molecule has 3 fully saturated rings. The van der Waals surface area contributed by atoms with Crippen molar-refractivity contribution in [2.75, 3.05) is 0 Å². The van der Waals surface area contributed by atoms with Gasteiger partial charge in [0, 0.05) is 17.9 Å². The first-order valence-electron chi connectivity index (χ1n) is 21.1. The molecule has 3 aliphatic carbocycles. The van der Waals surface area contributed by atoms with Gasteiger partial charge in [-0.2, -0.15) is 0 Å². The number of halogens is 4. The van der Waals surface area contributed by atoms with E-state index in [-0.39, 0.29) is 7.92 Å². The molecule has 1 N–H and O–H groups in total. The van der Waals surface area contributed by atoms with E-state index in [1.54, 1.807) is 10.9 Å². The number of hydrogen-bond donors (Lipinski definition) is 1. The molecule has 1 nitrogen and oxygen atoms in total. The summed E-state index contributed by atoms with van der Waals surface area (Å²) in [6.07, 6.45) is 19.4. The van der Waals surface area contributed by atoms with Crippen molar-refractivity contribution in [1.29, 1.82) is 0 Å². The maximum atomic E-state index is 10.5. The Morgan fingerprint density at radius 2 is 0.839 bits per heavy atom. The van der Waals surface area contributed by atoms with Crippen molar-refractivity contribution in [3.63, 3.8) is 0 Å². The van der Waals surface area contributed by atoms with Gasteiger partial charge in [-0.05, 0) is 139 Å². The summed E-state index contributed by atoms with van der Waals surface area (Å²) in [5.41, 5.74) is 3.66. The van der Waals surface area contributed by atoms with Crippen LogP contribution in [0.5, 0.6) is 0 Å². The Morgan fingerprint density at radius 3 is 1.29 bits per heavy atom. The molecule has 0 aromatic heterocycles. The van der Waals surface area contributed by atoms with Gasteiger partial charge in [-0.25, -0.2) is 0 Å². The molecule has 0 spiro atoms. The van der Waals surface area contributed by atoms with E-state index in [1.807, 2.05) is 48.5 Å². The largest absolute Gasteiger partial charge is 0.385 e. The fourth-order valence-electron chi connectivity index (χ4n) is 9.08. The first-order valence-corrected chi connectivity index (χ1v) is 25.6. The highest BCUT2D eigenvalue weighted by Gasteiger charge is 2.37. The van der Waals surface area contributed by atoms with Crippen molar-refractivity contribution in [1.82, 2.24) is 0 Å². The van der Waals surface area contributed by atoms with Gasteiger partial charge < -0.3 is 5.11 Å². The lowest BCUT2D eigenvalue weighted by atomic mass is 9.80. The summed E-state index contributed by atoms with van der Waals surface area (Å²) >= 11 is 13.8. The zero-order chi connectivity index (χ0) is 40.8. The highest BCUT2D eigenvalue weighted by Crippen LogP contribution is 2.59. The van der Waals surface area contributed by atoms with E-state index in [1.165, 1.54) is 80.7 Å². The molecule has 0 atom stereocenters. The number of rotatable bonds is 4. The van der Waals surface area contributed by atoms with Gasteiger partial charge in [0.15, 0.2) is 0 Å². The first kappa shape index (κ1) is 47.9. The van der Waals surface area contributed by atoms with Crippen LogP contribution in [0.2, 0.25) is 0 Å². The van der Waals surface area contributed by atoms with Gasteiger partial charge in [0.25, 0.3) is 0 Å². The summed E-state index contributed by atoms with van der Waals surface area (Å²) in [7, 11) is -0.183. The summed E-state index contributed by atoms with van der Waals surface area (Å²) in [6.45, 7) is 14.6. The number of hydrogen-bond acceptors (Lipinski definition) is 1. The summed E-state index contributed by atoms with van der Waals surface area (Å²) in [5, 5.41) is 12.9. The average Bonchev–Trinajstić information content (AvgIpc) is 3.17. The van der Waals surface area contributed by atoms with Crippen molar-refractivity contribution in [2.24, 2.45) is 0 Å². The lowest BCUT2D eigenvalue weighted by Crippen LogP contribution is -2.33. The van der Waals surface area contributed by atoms with Crippen molar-refractivity contribution < 1.29 is 5.11 Å². The summed E-state index contributed by atoms with van der Waals surface area (Å²) in [6, 6.07) is 34.0. The Bertz CT molecular complexity index is 1710. The molecule has 0 unspecified atom stereocenters. The monoisotopic (exact) mass is 1030 g/mol. The Hall–Kier alpha value is -0.810. The summed E-state index contributed by atoms with van der Waals surface area (Å²) in [5.74, 6) is 1.62. The molecular weight excluding hydrogens is 967 g/mol. The smallest absolute Gasteiger partial charge is 0.0907 e. The van der Waals surface area contributed by atoms with E-state index in [0.717, 1.165) is 56.5 Å². The van der Waals surface area contributed by atoms with E-state index in [2.05, 4.69) is 154 Å². The van der Waals surface area contributed by atoms with Gasteiger partial charge in [0.1, 0.15) is 0 Å². The van der Waals surface area contributed by atoms with Crippen LogP contribution >= 0.6 is 71.6 Å². The van der Waals surface area contributed by atoms with Crippen LogP contribution in [0.4, 0.5) is 0 Å². The fraction of sp³-hybridized carbons (Fsp3) is 0.520. The molecule has 0 amide bonds. The maximum Gasteiger partial charge on any atom is 0.0907 e. The maximum absolute atomic E-state index is 10.5. The number of benzene rings is 4. The van der Waals surface area contributed by atoms with E-state index in [4.69, 9.17) is 0 Å². The molecule has 6 heteroatoms. The third-order valence-corrected chi connectivity index (χ3v) is 18.3. The van der Waals surface area contributed by atoms with Gasteiger partial charge in [-0.1, -0.05) is 212 Å². The first-order chi connectivity index (χ1) is 26.6. The third-order valence-electron chi connectivity index (χ3n) is 11.4. The van der Waals surface area contributed by atoms with Crippen LogP contribution in [0.1, 0.15) is 166 Å². The van der Waals surface area contributed by atoms with E-state index >= 15 is 0 Å². The quantitative estimate of drug-likeness (QED) is 0.202. The van der Waals surface area contributed by atoms with Crippen LogP contribution in [-0.2, 0) is 5.60 Å². The highest BCUT2D eigenvalue weighted by atomic mass is 79.9. The Kier molecular flexibility index (Phi) is 19.9. The van der Waals surface area contributed by atoms with Gasteiger partial charge >= 0.3 is 0 Å². The van der Waals surface area contributed by atoms with Gasteiger partial charge in [0.2, 0.25) is 0 Å². The number of aliphatic hydroxyl groups is 1. The Balaban J connectivity index is 0.000000174. The fourth-order valence-corrected chi connectivity index (χ4v) is 15.1. The molecule has 3 aliphatic rings. The van der Waals surface area contributed by atoms with Crippen molar-refractivity contribution in [2.45, 2.75) is 166 Å². The molecule has 7 rings (SSSR count). The molecule has 56 heavy (non-hydrogen) atoms. The third kappa shape index (κ3) is 14.7. The zero-order valence-electron chi connectivity index (χ0n) is 34.9. The van der Waals surface area contributed by atoms with Gasteiger partial charge in [-0.3, -0.25) is 0 Å². The van der Waals surface area contributed by atoms with E-state index in [9.17, 15) is 5.11 Å². The second-order valence-electron chi connectivity index (χ2n) is 17.9. The molecule has 0 bridgehead atoms. The molecule has 306 valence electrons. The van der Waals surface area contributed by atoms with Crippen LogP contribution in [0, 0.1) is 0 Å². The van der Waals surface area contributed by atoms with Gasteiger partial charge in [-0.15, -0.1) is 0 Å². The zero-order valence-corrected chi connectivity index (χ0v) is 42.1. The standard InChI is InChI=1S/C20H33P.C12H15BrO.C12H15Br.C6H4Br2/c1-19(2,3)21(20(4,5)6)18-15-11-10-14-17(18)16-12-8-7-9-13-16;13-11-7-3-2-6-10(11)12(14)8-4-1-5-9-12;13-12-9-5-4-8-11(12)10-6-2-1-3-7-10;7-5-3-1-2-4-6(5)8/h10-11,14-16H,7-9,12-13H2,1-6H3;2-3,6-7,14H,1,4-5,8-9H2;4-5,8-10H,1-3,6-7H2;1-4H. The normalized spacial score (nSPS) is 17.7. The summed E-state index contributed by atoms with van der Waals surface area (Å²) in [4.78, 5) is 0. The minimum absolute atomic E-state index is 0.183. The molecule has 4 aromatic rings. The lowest BCUT2D eigenvalue weighted by Gasteiger charge is -2.43. The van der Waals surface area contributed by atoms with E-state index in [0.29, 0.717) is 10.3 Å². The van der Waals surface area contributed by atoms with Crippen LogP contribution in [0.25, 0.3) is 0 Å². The minimum atomic E-state index is -0.585. The molecule has 4 aromatic carbocycles. The molecule has 3 saturated carbocycles. The van der Waals surface area contributed by atoms with Crippen molar-refractivity contribution in [3.8, 4) is 0 Å². The van der Waals surface area contributed by atoms with Crippen molar-refractivity contribution >= 4 is 76.9 Å². The van der Waals surface area contributed by atoms with Crippen LogP contribution in [0.3, 0.4) is 0 Å². The molecular formula is C50H67Br4OP. The van der Waals surface area contributed by atoms with Crippen LogP contribution in [0.15, 0.2) is 115 Å². The Morgan fingerprint density at radius 1 is 0.464 bits per heavy atom. The molecule has 0 heterocycles.